The number of aryl methyl sites for hydroxylation is 1. The maximum Gasteiger partial charge on any atom is 0.293 e. The van der Waals surface area contributed by atoms with E-state index in [1.807, 2.05) is 13.0 Å². The first-order valence-electron chi connectivity index (χ1n) is 6.36. The van der Waals surface area contributed by atoms with E-state index in [-0.39, 0.29) is 11.7 Å². The van der Waals surface area contributed by atoms with Crippen LogP contribution in [0.25, 0.3) is 0 Å². The highest BCUT2D eigenvalue weighted by molar-refractivity contribution is 5.90. The normalized spacial score (nSPS) is 14.6. The summed E-state index contributed by atoms with van der Waals surface area (Å²) in [6.07, 6.45) is 3.89. The molecule has 1 saturated carbocycles. The monoisotopic (exact) mass is 260 g/mol. The van der Waals surface area contributed by atoms with Gasteiger partial charge >= 0.3 is 0 Å². The van der Waals surface area contributed by atoms with Crippen molar-refractivity contribution in [2.75, 3.05) is 7.05 Å². The largest absolute Gasteiger partial charge is 0.469 e. The van der Waals surface area contributed by atoms with E-state index in [9.17, 15) is 4.79 Å². The molecule has 0 unspecified atom stereocenters. The van der Waals surface area contributed by atoms with E-state index in [0.717, 1.165) is 30.0 Å². The molecule has 6 heteroatoms. The van der Waals surface area contributed by atoms with E-state index < -0.39 is 0 Å². The van der Waals surface area contributed by atoms with Crippen LogP contribution >= 0.6 is 0 Å². The van der Waals surface area contributed by atoms with Gasteiger partial charge in [0.25, 0.3) is 5.91 Å². The molecule has 19 heavy (non-hydrogen) atoms. The number of furan rings is 1. The standard InChI is InChI=1S/C13H16N4O2/c1-8-10(5-6-19-8)7-17(2)13(18)12-14-11(15-16-12)9-3-4-9/h5-6,9H,3-4,7H2,1-2H3,(H,14,15,16). The van der Waals surface area contributed by atoms with Crippen molar-refractivity contribution < 1.29 is 9.21 Å². The van der Waals surface area contributed by atoms with Gasteiger partial charge in [-0.05, 0) is 25.8 Å². The summed E-state index contributed by atoms with van der Waals surface area (Å²) < 4.78 is 5.22. The van der Waals surface area contributed by atoms with Crippen LogP contribution in [0, 0.1) is 6.92 Å². The Bertz CT molecular complexity index is 597. The van der Waals surface area contributed by atoms with E-state index in [0.29, 0.717) is 12.5 Å². The highest BCUT2D eigenvalue weighted by Gasteiger charge is 2.28. The number of hydrogen-bond donors (Lipinski definition) is 1. The zero-order chi connectivity index (χ0) is 13.4. The SMILES string of the molecule is Cc1occc1CN(C)C(=O)c1n[nH]c(C2CC2)n1. The van der Waals surface area contributed by atoms with Gasteiger partial charge in [0.05, 0.1) is 6.26 Å². The molecule has 0 saturated heterocycles. The van der Waals surface area contributed by atoms with Gasteiger partial charge in [0.2, 0.25) is 5.82 Å². The van der Waals surface area contributed by atoms with Crippen LogP contribution in [0.5, 0.6) is 0 Å². The molecule has 1 amide bonds. The van der Waals surface area contributed by atoms with Crippen LogP contribution in [-0.4, -0.2) is 33.0 Å². The van der Waals surface area contributed by atoms with Crippen molar-refractivity contribution in [3.8, 4) is 0 Å². The Balaban J connectivity index is 1.69. The second kappa shape index (κ2) is 4.53. The first kappa shape index (κ1) is 12.0. The Kier molecular flexibility index (Phi) is 2.85. The van der Waals surface area contributed by atoms with Crippen molar-refractivity contribution in [2.45, 2.75) is 32.2 Å². The fourth-order valence-corrected chi connectivity index (χ4v) is 1.98. The van der Waals surface area contributed by atoms with Gasteiger partial charge in [-0.3, -0.25) is 9.89 Å². The van der Waals surface area contributed by atoms with E-state index in [1.54, 1.807) is 18.2 Å². The van der Waals surface area contributed by atoms with Gasteiger partial charge in [-0.25, -0.2) is 4.98 Å². The maximum atomic E-state index is 12.2. The smallest absolute Gasteiger partial charge is 0.293 e. The lowest BCUT2D eigenvalue weighted by molar-refractivity contribution is 0.0773. The first-order chi connectivity index (χ1) is 9.15. The molecule has 2 aromatic rings. The van der Waals surface area contributed by atoms with Crippen molar-refractivity contribution in [2.24, 2.45) is 0 Å². The molecule has 1 aliphatic rings. The minimum Gasteiger partial charge on any atom is -0.469 e. The molecular weight excluding hydrogens is 244 g/mol. The third-order valence-corrected chi connectivity index (χ3v) is 3.38. The fraction of sp³-hybridized carbons (Fsp3) is 0.462. The average Bonchev–Trinajstić information content (AvgIpc) is 3.00. The Labute approximate surface area is 110 Å². The third kappa shape index (κ3) is 2.38. The van der Waals surface area contributed by atoms with E-state index >= 15 is 0 Å². The second-order valence-corrected chi connectivity index (χ2v) is 4.98. The number of hydrogen-bond acceptors (Lipinski definition) is 4. The molecule has 2 heterocycles. The van der Waals surface area contributed by atoms with Gasteiger partial charge in [-0.1, -0.05) is 0 Å². The number of carbonyl (C=O) groups is 1. The zero-order valence-corrected chi connectivity index (χ0v) is 11.0. The highest BCUT2D eigenvalue weighted by atomic mass is 16.3. The van der Waals surface area contributed by atoms with Crippen LogP contribution in [0.1, 0.15) is 46.5 Å². The van der Waals surface area contributed by atoms with Crippen LogP contribution in [0.2, 0.25) is 0 Å². The molecule has 6 nitrogen and oxygen atoms in total. The van der Waals surface area contributed by atoms with Gasteiger partial charge in [-0.15, -0.1) is 5.10 Å². The predicted molar refractivity (Wildman–Crippen MR) is 67.6 cm³/mol. The van der Waals surface area contributed by atoms with E-state index in [2.05, 4.69) is 15.2 Å². The Morgan fingerprint density at radius 2 is 2.37 bits per heavy atom. The molecule has 3 rings (SSSR count). The van der Waals surface area contributed by atoms with Crippen LogP contribution < -0.4 is 0 Å². The molecule has 0 atom stereocenters. The van der Waals surface area contributed by atoms with Gasteiger partial charge < -0.3 is 9.32 Å². The summed E-state index contributed by atoms with van der Waals surface area (Å²) in [7, 11) is 1.74. The van der Waals surface area contributed by atoms with E-state index in [4.69, 9.17) is 4.42 Å². The molecule has 0 aromatic carbocycles. The molecule has 1 aliphatic carbocycles. The van der Waals surface area contributed by atoms with Crippen molar-refractivity contribution in [1.82, 2.24) is 20.1 Å². The molecule has 0 aliphatic heterocycles. The minimum absolute atomic E-state index is 0.177. The Morgan fingerprint density at radius 3 is 3.00 bits per heavy atom. The number of nitrogens with one attached hydrogen (secondary N) is 1. The Morgan fingerprint density at radius 1 is 1.58 bits per heavy atom. The third-order valence-electron chi connectivity index (χ3n) is 3.38. The molecule has 1 fully saturated rings. The number of nitrogens with zero attached hydrogens (tertiary/aromatic N) is 3. The lowest BCUT2D eigenvalue weighted by Gasteiger charge is -2.14. The summed E-state index contributed by atoms with van der Waals surface area (Å²) in [5.41, 5.74) is 0.994. The molecule has 0 bridgehead atoms. The lowest BCUT2D eigenvalue weighted by Crippen LogP contribution is -2.27. The van der Waals surface area contributed by atoms with Crippen LogP contribution in [0.15, 0.2) is 16.7 Å². The summed E-state index contributed by atoms with van der Waals surface area (Å²) in [6, 6.07) is 1.87. The number of aromatic amines is 1. The zero-order valence-electron chi connectivity index (χ0n) is 11.0. The molecular formula is C13H16N4O2. The number of aromatic nitrogens is 3. The minimum atomic E-state index is -0.177. The number of carbonyl (C=O) groups excluding carboxylic acids is 1. The lowest BCUT2D eigenvalue weighted by atomic mass is 10.2. The quantitative estimate of drug-likeness (QED) is 0.910. The summed E-state index contributed by atoms with van der Waals surface area (Å²) >= 11 is 0. The molecule has 100 valence electrons. The van der Waals surface area contributed by atoms with Gasteiger partial charge in [0, 0.05) is 25.1 Å². The summed E-state index contributed by atoms with van der Waals surface area (Å²) in [4.78, 5) is 18.0. The average molecular weight is 260 g/mol. The molecule has 0 spiro atoms. The molecule has 2 aromatic heterocycles. The molecule has 0 radical (unpaired) electrons. The van der Waals surface area contributed by atoms with Crippen LogP contribution in [-0.2, 0) is 6.54 Å². The number of amides is 1. The number of H-pyrrole nitrogens is 1. The highest BCUT2D eigenvalue weighted by Crippen LogP contribution is 2.37. The summed E-state index contributed by atoms with van der Waals surface area (Å²) in [5, 5.41) is 6.85. The summed E-state index contributed by atoms with van der Waals surface area (Å²) in [5.74, 6) is 2.19. The topological polar surface area (TPSA) is 75.0 Å². The van der Waals surface area contributed by atoms with Crippen molar-refractivity contribution in [3.05, 3.63) is 35.3 Å². The predicted octanol–water partition coefficient (Wildman–Crippen LogP) is 1.86. The summed E-state index contributed by atoms with van der Waals surface area (Å²) in [6.45, 7) is 2.38. The second-order valence-electron chi connectivity index (χ2n) is 4.98. The number of rotatable bonds is 4. The van der Waals surface area contributed by atoms with Crippen molar-refractivity contribution >= 4 is 5.91 Å². The molecule has 1 N–H and O–H groups in total. The van der Waals surface area contributed by atoms with Crippen molar-refractivity contribution in [1.29, 1.82) is 0 Å². The van der Waals surface area contributed by atoms with Gasteiger partial charge in [-0.2, -0.15) is 0 Å². The Hall–Kier alpha value is -2.11. The van der Waals surface area contributed by atoms with Crippen LogP contribution in [0.4, 0.5) is 0 Å². The fourth-order valence-electron chi connectivity index (χ4n) is 1.98. The maximum absolute atomic E-state index is 12.2. The first-order valence-corrected chi connectivity index (χ1v) is 6.36. The van der Waals surface area contributed by atoms with Crippen LogP contribution in [0.3, 0.4) is 0 Å². The van der Waals surface area contributed by atoms with Gasteiger partial charge in [0.15, 0.2) is 0 Å². The van der Waals surface area contributed by atoms with Gasteiger partial charge in [0.1, 0.15) is 11.6 Å². The van der Waals surface area contributed by atoms with Crippen molar-refractivity contribution in [3.63, 3.8) is 0 Å². The van der Waals surface area contributed by atoms with E-state index in [1.165, 1.54) is 0 Å².